The first-order valence-corrected chi connectivity index (χ1v) is 6.28. The summed E-state index contributed by atoms with van der Waals surface area (Å²) in [5, 5.41) is 2.64. The number of nitrogens with zero attached hydrogens (tertiary/aromatic N) is 1. The molecule has 20 heavy (non-hydrogen) atoms. The number of carbonyl (C=O) groups is 2. The third-order valence-corrected chi connectivity index (χ3v) is 2.77. The topological polar surface area (TPSA) is 58.6 Å². The largest absolute Gasteiger partial charge is 0.469 e. The van der Waals surface area contributed by atoms with Crippen LogP contribution in [-0.4, -0.2) is 44.0 Å². The minimum absolute atomic E-state index is 0.144. The highest BCUT2D eigenvalue weighted by atomic mass is 19.1. The van der Waals surface area contributed by atoms with E-state index < -0.39 is 0 Å². The molecule has 0 saturated heterocycles. The Balaban J connectivity index is 2.30. The second-order valence-electron chi connectivity index (χ2n) is 4.43. The molecule has 1 aromatic rings. The molecule has 5 nitrogen and oxygen atoms in total. The second kappa shape index (κ2) is 8.27. The van der Waals surface area contributed by atoms with Gasteiger partial charge in [-0.15, -0.1) is 0 Å². The van der Waals surface area contributed by atoms with Gasteiger partial charge >= 0.3 is 5.97 Å². The van der Waals surface area contributed by atoms with Gasteiger partial charge in [-0.3, -0.25) is 14.5 Å². The molecule has 1 amide bonds. The van der Waals surface area contributed by atoms with Crippen molar-refractivity contribution in [3.05, 3.63) is 35.6 Å². The van der Waals surface area contributed by atoms with Crippen molar-refractivity contribution >= 4 is 11.9 Å². The maximum absolute atomic E-state index is 13.3. The van der Waals surface area contributed by atoms with E-state index in [1.807, 2.05) is 0 Å². The standard InChI is InChI=1S/C14H19FN2O3/c1-17(8-7-14(19)20-2)10-13(18)16-9-11-5-3-4-6-12(11)15/h3-6H,7-10H2,1-2H3,(H,16,18). The van der Waals surface area contributed by atoms with E-state index >= 15 is 0 Å². The van der Waals surface area contributed by atoms with Gasteiger partial charge in [0.2, 0.25) is 5.91 Å². The number of esters is 1. The maximum atomic E-state index is 13.3. The zero-order chi connectivity index (χ0) is 15.0. The molecule has 0 radical (unpaired) electrons. The number of likely N-dealkylation sites (N-methyl/N-ethyl adjacent to an activating group) is 1. The molecule has 6 heteroatoms. The lowest BCUT2D eigenvalue weighted by Gasteiger charge is -2.15. The average molecular weight is 282 g/mol. The predicted octanol–water partition coefficient (Wildman–Crippen LogP) is 0.937. The van der Waals surface area contributed by atoms with Crippen LogP contribution in [-0.2, 0) is 20.9 Å². The summed E-state index contributed by atoms with van der Waals surface area (Å²) >= 11 is 0. The predicted molar refractivity (Wildman–Crippen MR) is 72.4 cm³/mol. The van der Waals surface area contributed by atoms with Gasteiger partial charge in [-0.2, -0.15) is 0 Å². The van der Waals surface area contributed by atoms with Crippen LogP contribution in [0.25, 0.3) is 0 Å². The van der Waals surface area contributed by atoms with Crippen molar-refractivity contribution in [2.24, 2.45) is 0 Å². The molecular weight excluding hydrogens is 263 g/mol. The Bertz CT molecular complexity index is 465. The zero-order valence-electron chi connectivity index (χ0n) is 11.7. The van der Waals surface area contributed by atoms with Crippen molar-refractivity contribution in [1.82, 2.24) is 10.2 Å². The number of hydrogen-bond donors (Lipinski definition) is 1. The number of nitrogens with one attached hydrogen (secondary N) is 1. The molecule has 0 heterocycles. The first kappa shape index (κ1) is 16.1. The van der Waals surface area contributed by atoms with Crippen LogP contribution >= 0.6 is 0 Å². The molecule has 0 unspecified atom stereocenters. The van der Waals surface area contributed by atoms with Gasteiger partial charge in [0.05, 0.1) is 20.1 Å². The Morgan fingerprint density at radius 2 is 2.05 bits per heavy atom. The van der Waals surface area contributed by atoms with Crippen LogP contribution in [0.5, 0.6) is 0 Å². The van der Waals surface area contributed by atoms with Crippen molar-refractivity contribution in [2.45, 2.75) is 13.0 Å². The number of hydrogen-bond acceptors (Lipinski definition) is 4. The summed E-state index contributed by atoms with van der Waals surface area (Å²) in [6.45, 7) is 0.724. The van der Waals surface area contributed by atoms with E-state index in [1.54, 1.807) is 30.1 Å². The van der Waals surface area contributed by atoms with Crippen LogP contribution in [0, 0.1) is 5.82 Å². The van der Waals surface area contributed by atoms with E-state index in [9.17, 15) is 14.0 Å². The number of rotatable bonds is 7. The SMILES string of the molecule is COC(=O)CCN(C)CC(=O)NCc1ccccc1F. The van der Waals surface area contributed by atoms with Crippen molar-refractivity contribution in [2.75, 3.05) is 27.2 Å². The van der Waals surface area contributed by atoms with Crippen LogP contribution in [0.15, 0.2) is 24.3 Å². The van der Waals surface area contributed by atoms with Gasteiger partial charge in [-0.05, 0) is 13.1 Å². The average Bonchev–Trinajstić information content (AvgIpc) is 2.43. The summed E-state index contributed by atoms with van der Waals surface area (Å²) in [7, 11) is 3.05. The van der Waals surface area contributed by atoms with E-state index in [0.29, 0.717) is 12.1 Å². The minimum atomic E-state index is -0.341. The van der Waals surface area contributed by atoms with Crippen LogP contribution in [0.2, 0.25) is 0 Å². The molecule has 1 N–H and O–H groups in total. The molecule has 0 saturated carbocycles. The molecule has 110 valence electrons. The monoisotopic (exact) mass is 282 g/mol. The fourth-order valence-electron chi connectivity index (χ4n) is 1.60. The van der Waals surface area contributed by atoms with E-state index in [4.69, 9.17) is 0 Å². The number of carbonyl (C=O) groups excluding carboxylic acids is 2. The fraction of sp³-hybridized carbons (Fsp3) is 0.429. The molecule has 0 bridgehead atoms. The van der Waals surface area contributed by atoms with E-state index in [-0.39, 0.29) is 37.2 Å². The normalized spacial score (nSPS) is 10.4. The lowest BCUT2D eigenvalue weighted by atomic mass is 10.2. The van der Waals surface area contributed by atoms with Crippen molar-refractivity contribution in [3.8, 4) is 0 Å². The first-order valence-electron chi connectivity index (χ1n) is 6.28. The Labute approximate surface area is 117 Å². The highest BCUT2D eigenvalue weighted by Gasteiger charge is 2.09. The summed E-state index contributed by atoms with van der Waals surface area (Å²) in [6.07, 6.45) is 0.230. The fourth-order valence-corrected chi connectivity index (χ4v) is 1.60. The highest BCUT2D eigenvalue weighted by Crippen LogP contribution is 2.05. The van der Waals surface area contributed by atoms with E-state index in [2.05, 4.69) is 10.1 Å². The molecule has 1 aromatic carbocycles. The van der Waals surface area contributed by atoms with Gasteiger partial charge in [0.25, 0.3) is 0 Å². The van der Waals surface area contributed by atoms with E-state index in [0.717, 1.165) is 0 Å². The molecule has 0 aliphatic rings. The van der Waals surface area contributed by atoms with E-state index in [1.165, 1.54) is 13.2 Å². The maximum Gasteiger partial charge on any atom is 0.306 e. The van der Waals surface area contributed by atoms with Crippen LogP contribution in [0.1, 0.15) is 12.0 Å². The van der Waals surface area contributed by atoms with Gasteiger partial charge in [-0.1, -0.05) is 18.2 Å². The first-order chi connectivity index (χ1) is 9.52. The Morgan fingerprint density at radius 1 is 1.35 bits per heavy atom. The van der Waals surface area contributed by atoms with Gasteiger partial charge in [0.15, 0.2) is 0 Å². The molecule has 0 atom stereocenters. The van der Waals surface area contributed by atoms with Crippen molar-refractivity contribution < 1.29 is 18.7 Å². The zero-order valence-corrected chi connectivity index (χ0v) is 11.7. The second-order valence-corrected chi connectivity index (χ2v) is 4.43. The smallest absolute Gasteiger partial charge is 0.306 e. The Morgan fingerprint density at radius 3 is 2.70 bits per heavy atom. The molecule has 0 fully saturated rings. The van der Waals surface area contributed by atoms with Gasteiger partial charge in [-0.25, -0.2) is 4.39 Å². The number of amides is 1. The molecule has 0 spiro atoms. The van der Waals surface area contributed by atoms with Gasteiger partial charge in [0.1, 0.15) is 5.82 Å². The summed E-state index contributed by atoms with van der Waals surface area (Å²) < 4.78 is 17.9. The van der Waals surface area contributed by atoms with Crippen molar-refractivity contribution in [3.63, 3.8) is 0 Å². The quantitative estimate of drug-likeness (QED) is 0.756. The number of ether oxygens (including phenoxy) is 1. The number of benzene rings is 1. The third kappa shape index (κ3) is 5.79. The van der Waals surface area contributed by atoms with Crippen LogP contribution in [0.3, 0.4) is 0 Å². The Hall–Kier alpha value is -1.95. The summed E-state index contributed by atoms with van der Waals surface area (Å²) in [5.41, 5.74) is 0.443. The molecule has 1 rings (SSSR count). The molecule has 0 aliphatic carbocycles. The number of methoxy groups -OCH3 is 1. The Kier molecular flexibility index (Phi) is 6.66. The third-order valence-electron chi connectivity index (χ3n) is 2.77. The highest BCUT2D eigenvalue weighted by molar-refractivity contribution is 5.78. The molecule has 0 aliphatic heterocycles. The lowest BCUT2D eigenvalue weighted by Crippen LogP contribution is -2.36. The van der Waals surface area contributed by atoms with Crippen molar-refractivity contribution in [1.29, 1.82) is 0 Å². The van der Waals surface area contributed by atoms with Gasteiger partial charge < -0.3 is 10.1 Å². The molecular formula is C14H19FN2O3. The molecule has 0 aromatic heterocycles. The summed E-state index contributed by atoms with van der Waals surface area (Å²) in [5.74, 6) is -0.879. The van der Waals surface area contributed by atoms with Crippen LogP contribution in [0.4, 0.5) is 4.39 Å². The number of halogens is 1. The van der Waals surface area contributed by atoms with Crippen LogP contribution < -0.4 is 5.32 Å². The minimum Gasteiger partial charge on any atom is -0.469 e. The summed E-state index contributed by atoms with van der Waals surface area (Å²) in [4.78, 5) is 24.3. The summed E-state index contributed by atoms with van der Waals surface area (Å²) in [6, 6.07) is 6.29. The van der Waals surface area contributed by atoms with Gasteiger partial charge in [0, 0.05) is 18.7 Å². The lowest BCUT2D eigenvalue weighted by molar-refractivity contribution is -0.141.